The van der Waals surface area contributed by atoms with Crippen molar-refractivity contribution in [3.05, 3.63) is 40.4 Å². The number of ketones is 1. The number of fused-ring (bicyclic) bond motifs is 1. The number of carbonyl (C=O) groups excluding carboxylic acids is 2. The Hall–Kier alpha value is -3.15. The lowest BCUT2D eigenvalue weighted by molar-refractivity contribution is -0.228. The van der Waals surface area contributed by atoms with Crippen molar-refractivity contribution in [3.8, 4) is 5.75 Å². The van der Waals surface area contributed by atoms with Crippen LogP contribution < -0.4 is 16.2 Å². The topological polar surface area (TPSA) is 200 Å². The molecular weight excluding hydrogens is 576 g/mol. The minimum atomic E-state index is -4.91. The summed E-state index contributed by atoms with van der Waals surface area (Å²) in [5.41, 5.74) is 12.7. The summed E-state index contributed by atoms with van der Waals surface area (Å²) >= 11 is 1.11. The van der Waals surface area contributed by atoms with Gasteiger partial charge in [0.1, 0.15) is 18.1 Å². The number of nitrogen functional groups attached to an aromatic ring is 1. The molecule has 1 amide bonds. The molecule has 1 fully saturated rings. The number of amides is 1. The fourth-order valence-electron chi connectivity index (χ4n) is 4.78. The minimum Gasteiger partial charge on any atom is -0.490 e. The number of rotatable bonds is 14. The molecule has 1 aromatic heterocycles. The highest BCUT2D eigenvalue weighted by molar-refractivity contribution is 7.80. The van der Waals surface area contributed by atoms with Crippen molar-refractivity contribution in [2.24, 2.45) is 16.8 Å². The van der Waals surface area contributed by atoms with Gasteiger partial charge in [-0.2, -0.15) is 13.5 Å². The van der Waals surface area contributed by atoms with Crippen molar-refractivity contribution < 1.29 is 36.4 Å². The lowest BCUT2D eigenvalue weighted by atomic mass is 9.74. The molecular formula is C25H34N6O8S2. The molecule has 0 spiro atoms. The number of carbonyl (C=O) groups is 2. The molecule has 1 saturated heterocycles. The van der Waals surface area contributed by atoms with Crippen LogP contribution in [0.4, 0.5) is 5.13 Å². The smallest absolute Gasteiger partial charge is 0.418 e. The van der Waals surface area contributed by atoms with Gasteiger partial charge in [0.2, 0.25) is 0 Å². The van der Waals surface area contributed by atoms with Gasteiger partial charge in [0.05, 0.1) is 11.5 Å². The van der Waals surface area contributed by atoms with E-state index in [9.17, 15) is 18.0 Å². The highest BCUT2D eigenvalue weighted by Crippen LogP contribution is 2.40. The summed E-state index contributed by atoms with van der Waals surface area (Å²) in [6, 6.07) is 6.00. The number of hydrogen-bond donors (Lipinski definition) is 3. The number of Topliss-reactive ketones (excluding diaryl/α,β-unsaturated/α-hetero) is 1. The fraction of sp³-hybridized carbons (Fsp3) is 0.520. The van der Waals surface area contributed by atoms with Crippen molar-refractivity contribution in [3.63, 3.8) is 0 Å². The molecule has 5 N–H and O–H groups in total. The zero-order valence-electron chi connectivity index (χ0n) is 22.8. The molecule has 1 aromatic carbocycles. The Bertz CT molecular complexity index is 1410. The van der Waals surface area contributed by atoms with Gasteiger partial charge in [0.25, 0.3) is 5.91 Å². The average molecular weight is 611 g/mol. The van der Waals surface area contributed by atoms with Gasteiger partial charge >= 0.3 is 10.4 Å². The molecule has 224 valence electrons. The minimum absolute atomic E-state index is 0.0319. The Kier molecular flexibility index (Phi) is 9.61. The quantitative estimate of drug-likeness (QED) is 0.0908. The first-order chi connectivity index (χ1) is 19.4. The summed E-state index contributed by atoms with van der Waals surface area (Å²) in [5.74, 6) is -1.57. The normalized spacial score (nSPS) is 19.0. The summed E-state index contributed by atoms with van der Waals surface area (Å²) in [6.07, 6.45) is 1.58. The maximum atomic E-state index is 13.2. The zero-order valence-corrected chi connectivity index (χ0v) is 24.4. The number of aromatic nitrogens is 1. The van der Waals surface area contributed by atoms with Crippen LogP contribution in [0.1, 0.15) is 43.5 Å². The van der Waals surface area contributed by atoms with Crippen molar-refractivity contribution in [1.82, 2.24) is 14.9 Å². The number of ether oxygens (including phenoxy) is 1. The molecule has 0 bridgehead atoms. The van der Waals surface area contributed by atoms with Crippen LogP contribution in [0, 0.1) is 5.92 Å². The Balaban J connectivity index is 1.34. The van der Waals surface area contributed by atoms with Gasteiger partial charge in [0, 0.05) is 24.9 Å². The first-order valence-corrected chi connectivity index (χ1v) is 15.3. The SMILES string of the molecule is CC1(C)[C@H](CC(=O)/C(=N\OCCOc2ccc3c(c2)CCN(CCCN)C3)c2csc(N)n2)C(=O)N1OS(=O)(=O)O. The average Bonchev–Trinajstić information content (AvgIpc) is 3.35. The first kappa shape index (κ1) is 30.8. The number of hydrogen-bond acceptors (Lipinski definition) is 13. The third kappa shape index (κ3) is 7.58. The van der Waals surface area contributed by atoms with E-state index in [4.69, 9.17) is 25.6 Å². The Morgan fingerprint density at radius 2 is 2.07 bits per heavy atom. The van der Waals surface area contributed by atoms with Gasteiger partial charge in [-0.1, -0.05) is 11.2 Å². The molecule has 2 aliphatic heterocycles. The van der Waals surface area contributed by atoms with Crippen LogP contribution in [-0.2, 0) is 42.1 Å². The van der Waals surface area contributed by atoms with Gasteiger partial charge in [0.15, 0.2) is 23.2 Å². The number of anilines is 1. The summed E-state index contributed by atoms with van der Waals surface area (Å²) in [7, 11) is -4.91. The monoisotopic (exact) mass is 610 g/mol. The van der Waals surface area contributed by atoms with Crippen LogP contribution in [0.3, 0.4) is 0 Å². The van der Waals surface area contributed by atoms with Crippen LogP contribution in [-0.4, -0.2) is 83.7 Å². The molecule has 2 aromatic rings. The molecule has 16 heteroatoms. The van der Waals surface area contributed by atoms with E-state index in [1.165, 1.54) is 30.4 Å². The number of β-lactam (4-membered cyclic amide) rings is 1. The number of thiazole rings is 1. The lowest BCUT2D eigenvalue weighted by Crippen LogP contribution is -2.68. The number of nitrogens with two attached hydrogens (primary N) is 2. The predicted octanol–water partition coefficient (Wildman–Crippen LogP) is 1.16. The van der Waals surface area contributed by atoms with E-state index in [1.54, 1.807) is 0 Å². The van der Waals surface area contributed by atoms with Gasteiger partial charge in [-0.05, 0) is 63.0 Å². The Morgan fingerprint density at radius 3 is 2.73 bits per heavy atom. The van der Waals surface area contributed by atoms with Crippen molar-refractivity contribution in [2.45, 2.75) is 45.2 Å². The number of benzene rings is 1. The van der Waals surface area contributed by atoms with Crippen LogP contribution in [0.25, 0.3) is 0 Å². The van der Waals surface area contributed by atoms with Gasteiger partial charge in [-0.25, -0.2) is 4.98 Å². The maximum Gasteiger partial charge on any atom is 0.418 e. The molecule has 3 heterocycles. The second-order valence-corrected chi connectivity index (χ2v) is 12.2. The third-order valence-electron chi connectivity index (χ3n) is 7.01. The fourth-order valence-corrected chi connectivity index (χ4v) is 5.78. The molecule has 0 aliphatic carbocycles. The molecule has 2 aliphatic rings. The molecule has 41 heavy (non-hydrogen) atoms. The summed E-state index contributed by atoms with van der Waals surface area (Å²) in [5, 5.41) is 6.25. The van der Waals surface area contributed by atoms with E-state index in [0.29, 0.717) is 17.4 Å². The van der Waals surface area contributed by atoms with E-state index in [1.807, 2.05) is 12.1 Å². The summed E-state index contributed by atoms with van der Waals surface area (Å²) in [6.45, 7) is 6.73. The van der Waals surface area contributed by atoms with E-state index in [2.05, 4.69) is 25.4 Å². The number of nitrogens with zero attached hydrogens (tertiary/aromatic N) is 4. The summed E-state index contributed by atoms with van der Waals surface area (Å²) in [4.78, 5) is 37.5. The van der Waals surface area contributed by atoms with Crippen molar-refractivity contribution in [2.75, 3.05) is 38.6 Å². The van der Waals surface area contributed by atoms with Crippen LogP contribution in [0.5, 0.6) is 5.75 Å². The van der Waals surface area contributed by atoms with Gasteiger partial charge in [-0.3, -0.25) is 19.0 Å². The molecule has 0 radical (unpaired) electrons. The van der Waals surface area contributed by atoms with E-state index in [-0.39, 0.29) is 36.2 Å². The zero-order chi connectivity index (χ0) is 29.8. The standard InChI is InChI=1S/C25H34N6O8S2/c1-25(2)19(23(33)31(25)39-41(34,35)36)13-21(32)22(20-15-40-24(27)28-20)29-38-11-10-37-18-5-4-17-14-30(8-3-7-26)9-6-16(17)12-18/h4-5,12,15,19H,3,6-11,13-14,26H2,1-2H3,(H2,27,28)(H,34,35,36)/b29-22-/t19-/m1/s1. The van der Waals surface area contributed by atoms with E-state index < -0.39 is 33.5 Å². The second-order valence-electron chi connectivity index (χ2n) is 10.3. The van der Waals surface area contributed by atoms with Crippen LogP contribution in [0.15, 0.2) is 28.7 Å². The lowest BCUT2D eigenvalue weighted by Gasteiger charge is -2.50. The molecule has 14 nitrogen and oxygen atoms in total. The number of oxime groups is 1. The maximum absolute atomic E-state index is 13.2. The van der Waals surface area contributed by atoms with Crippen LogP contribution >= 0.6 is 11.3 Å². The van der Waals surface area contributed by atoms with E-state index in [0.717, 1.165) is 43.8 Å². The Labute approximate surface area is 242 Å². The van der Waals surface area contributed by atoms with E-state index >= 15 is 0 Å². The van der Waals surface area contributed by atoms with Crippen LogP contribution in [0.2, 0.25) is 0 Å². The number of hydroxylamine groups is 2. The first-order valence-electron chi connectivity index (χ1n) is 13.0. The van der Waals surface area contributed by atoms with Crippen molar-refractivity contribution in [1.29, 1.82) is 0 Å². The molecule has 0 unspecified atom stereocenters. The largest absolute Gasteiger partial charge is 0.490 e. The van der Waals surface area contributed by atoms with Gasteiger partial charge in [-0.15, -0.1) is 15.6 Å². The molecule has 4 rings (SSSR count). The summed E-state index contributed by atoms with van der Waals surface area (Å²) < 4.78 is 41.2. The predicted molar refractivity (Wildman–Crippen MR) is 150 cm³/mol. The second kappa shape index (κ2) is 12.8. The van der Waals surface area contributed by atoms with Gasteiger partial charge < -0.3 is 21.0 Å². The molecule has 0 saturated carbocycles. The van der Waals surface area contributed by atoms with Crippen molar-refractivity contribution >= 4 is 44.3 Å². The highest BCUT2D eigenvalue weighted by atomic mass is 32.3. The molecule has 1 atom stereocenters. The third-order valence-corrected chi connectivity index (χ3v) is 8.02. The Morgan fingerprint density at radius 1 is 1.29 bits per heavy atom. The highest BCUT2D eigenvalue weighted by Gasteiger charge is 2.57.